The maximum atomic E-state index is 11.9. The van der Waals surface area contributed by atoms with Gasteiger partial charge in [0.15, 0.2) is 22.7 Å². The summed E-state index contributed by atoms with van der Waals surface area (Å²) < 4.78 is 17.6. The number of aromatic amines is 1. The summed E-state index contributed by atoms with van der Waals surface area (Å²) in [6, 6.07) is 1.73. The van der Waals surface area contributed by atoms with E-state index in [1.807, 2.05) is 0 Å². The van der Waals surface area contributed by atoms with Crippen LogP contribution in [-0.2, 0) is 6.54 Å². The van der Waals surface area contributed by atoms with Crippen LogP contribution in [0.5, 0.6) is 17.2 Å². The lowest BCUT2D eigenvalue weighted by Crippen LogP contribution is -2.12. The van der Waals surface area contributed by atoms with Gasteiger partial charge in [-0.25, -0.2) is 4.98 Å². The van der Waals surface area contributed by atoms with Crippen LogP contribution in [0.3, 0.4) is 0 Å². The molecule has 0 radical (unpaired) electrons. The number of halogens is 1. The Morgan fingerprint density at radius 2 is 1.96 bits per heavy atom. The summed E-state index contributed by atoms with van der Waals surface area (Å²) in [5, 5.41) is 0.361. The molecule has 0 fully saturated rings. The van der Waals surface area contributed by atoms with Crippen molar-refractivity contribution in [3.05, 3.63) is 33.3 Å². The van der Waals surface area contributed by atoms with Crippen LogP contribution in [0.15, 0.2) is 17.2 Å². The van der Waals surface area contributed by atoms with Crippen molar-refractivity contribution in [3.63, 3.8) is 0 Å². The second-order valence-corrected chi connectivity index (χ2v) is 5.49. The Morgan fingerprint density at radius 3 is 2.60 bits per heavy atom. The van der Waals surface area contributed by atoms with Crippen molar-refractivity contribution in [1.29, 1.82) is 0 Å². The van der Waals surface area contributed by atoms with Crippen LogP contribution < -0.4 is 25.5 Å². The number of ether oxygens (including phenoxy) is 3. The Hall–Kier alpha value is -2.94. The van der Waals surface area contributed by atoms with Gasteiger partial charge in [-0.1, -0.05) is 11.6 Å². The normalized spacial score (nSPS) is 10.9. The lowest BCUT2D eigenvalue weighted by Gasteiger charge is -2.16. The molecule has 0 aliphatic rings. The standard InChI is InChI=1S/C15H16ClN5O4/c1-23-8-4-7(9(16)12(25-3)11(8)24-2)5-21-6-18-10-13(21)19-15(17)20-14(10)22/h4,6H,5H2,1-3H3,(H3,17,19,20,22). The third-order valence-corrected chi connectivity index (χ3v) is 4.09. The number of nitrogens with one attached hydrogen (secondary N) is 1. The number of hydrogen-bond acceptors (Lipinski definition) is 7. The van der Waals surface area contributed by atoms with Gasteiger partial charge in [0.05, 0.1) is 39.2 Å². The van der Waals surface area contributed by atoms with Gasteiger partial charge in [-0.15, -0.1) is 0 Å². The van der Waals surface area contributed by atoms with Crippen molar-refractivity contribution in [2.24, 2.45) is 0 Å². The predicted molar refractivity (Wildman–Crippen MR) is 92.8 cm³/mol. The molecule has 3 N–H and O–H groups in total. The first kappa shape index (κ1) is 16.9. The second-order valence-electron chi connectivity index (χ2n) is 5.11. The molecule has 10 heteroatoms. The zero-order chi connectivity index (χ0) is 18.1. The SMILES string of the molecule is COc1cc(Cn2cnc3c(=O)[nH]c(N)nc32)c(Cl)c(OC)c1OC. The number of benzene rings is 1. The molecule has 9 nitrogen and oxygen atoms in total. The molecule has 0 atom stereocenters. The van der Waals surface area contributed by atoms with Gasteiger partial charge in [-0.3, -0.25) is 9.78 Å². The summed E-state index contributed by atoms with van der Waals surface area (Å²) in [6.07, 6.45) is 1.49. The summed E-state index contributed by atoms with van der Waals surface area (Å²) in [7, 11) is 4.50. The predicted octanol–water partition coefficient (Wildman–Crippen LogP) is 1.43. The van der Waals surface area contributed by atoms with Crippen molar-refractivity contribution in [3.8, 4) is 17.2 Å². The fourth-order valence-electron chi connectivity index (χ4n) is 2.56. The molecule has 2 aromatic heterocycles. The van der Waals surface area contributed by atoms with Crippen molar-refractivity contribution in [2.75, 3.05) is 27.1 Å². The lowest BCUT2D eigenvalue weighted by atomic mass is 10.1. The van der Waals surface area contributed by atoms with Crippen molar-refractivity contribution >= 4 is 28.7 Å². The molecule has 132 valence electrons. The van der Waals surface area contributed by atoms with Gasteiger partial charge in [-0.05, 0) is 11.6 Å². The highest BCUT2D eigenvalue weighted by Crippen LogP contribution is 2.44. The Labute approximate surface area is 147 Å². The molecule has 0 amide bonds. The van der Waals surface area contributed by atoms with Crippen LogP contribution in [-0.4, -0.2) is 40.8 Å². The van der Waals surface area contributed by atoms with Crippen LogP contribution in [0, 0.1) is 0 Å². The van der Waals surface area contributed by atoms with Gasteiger partial charge in [-0.2, -0.15) is 4.98 Å². The van der Waals surface area contributed by atoms with Crippen molar-refractivity contribution in [1.82, 2.24) is 19.5 Å². The first-order valence-electron chi connectivity index (χ1n) is 7.18. The van der Waals surface area contributed by atoms with Gasteiger partial charge in [0.2, 0.25) is 11.7 Å². The molecular formula is C15H16ClN5O4. The highest BCUT2D eigenvalue weighted by Gasteiger charge is 2.20. The molecule has 25 heavy (non-hydrogen) atoms. The molecule has 0 aliphatic heterocycles. The van der Waals surface area contributed by atoms with Crippen LogP contribution in [0.4, 0.5) is 5.95 Å². The van der Waals surface area contributed by atoms with E-state index in [0.29, 0.717) is 33.5 Å². The van der Waals surface area contributed by atoms with E-state index in [2.05, 4.69) is 15.0 Å². The molecule has 1 aromatic carbocycles. The topological polar surface area (TPSA) is 117 Å². The van der Waals surface area contributed by atoms with Gasteiger partial charge in [0, 0.05) is 0 Å². The fourth-order valence-corrected chi connectivity index (χ4v) is 2.83. The van der Waals surface area contributed by atoms with Crippen LogP contribution >= 0.6 is 11.6 Å². The van der Waals surface area contributed by atoms with Crippen LogP contribution in [0.25, 0.3) is 11.2 Å². The Balaban J connectivity index is 2.14. The van der Waals surface area contributed by atoms with Gasteiger partial charge in [0.1, 0.15) is 0 Å². The third-order valence-electron chi connectivity index (χ3n) is 3.68. The van der Waals surface area contributed by atoms with Crippen molar-refractivity contribution < 1.29 is 14.2 Å². The number of hydrogen-bond donors (Lipinski definition) is 2. The minimum Gasteiger partial charge on any atom is -0.493 e. The first-order chi connectivity index (χ1) is 12.0. The zero-order valence-electron chi connectivity index (χ0n) is 13.8. The summed E-state index contributed by atoms with van der Waals surface area (Å²) in [4.78, 5) is 22.5. The molecule has 2 heterocycles. The molecule has 0 bridgehead atoms. The Kier molecular flexibility index (Phi) is 4.41. The van der Waals surface area contributed by atoms with E-state index in [1.54, 1.807) is 10.6 Å². The average Bonchev–Trinajstić information content (AvgIpc) is 2.99. The summed E-state index contributed by atoms with van der Waals surface area (Å²) >= 11 is 6.45. The molecular weight excluding hydrogens is 350 g/mol. The number of anilines is 1. The lowest BCUT2D eigenvalue weighted by molar-refractivity contribution is 0.324. The van der Waals surface area contributed by atoms with Crippen LogP contribution in [0.2, 0.25) is 5.02 Å². The number of aromatic nitrogens is 4. The fraction of sp³-hybridized carbons (Fsp3) is 0.267. The zero-order valence-corrected chi connectivity index (χ0v) is 14.5. The molecule has 0 saturated carbocycles. The number of nitrogens with two attached hydrogens (primary N) is 1. The molecule has 3 rings (SSSR count). The molecule has 0 unspecified atom stereocenters. The minimum atomic E-state index is -0.405. The quantitative estimate of drug-likeness (QED) is 0.702. The molecule has 0 spiro atoms. The molecule has 3 aromatic rings. The van der Waals surface area contributed by atoms with E-state index in [-0.39, 0.29) is 18.0 Å². The number of fused-ring (bicyclic) bond motifs is 1. The van der Waals surface area contributed by atoms with E-state index in [0.717, 1.165) is 0 Å². The molecule has 0 aliphatic carbocycles. The van der Waals surface area contributed by atoms with Crippen LogP contribution in [0.1, 0.15) is 5.56 Å². The largest absolute Gasteiger partial charge is 0.493 e. The van der Waals surface area contributed by atoms with E-state index in [4.69, 9.17) is 31.5 Å². The number of nitrogen functional groups attached to an aromatic ring is 1. The van der Waals surface area contributed by atoms with Gasteiger partial charge >= 0.3 is 0 Å². The number of imidazole rings is 1. The number of rotatable bonds is 5. The number of nitrogens with zero attached hydrogens (tertiary/aromatic N) is 3. The van der Waals surface area contributed by atoms with E-state index >= 15 is 0 Å². The number of methoxy groups -OCH3 is 3. The van der Waals surface area contributed by atoms with Gasteiger partial charge < -0.3 is 24.5 Å². The molecule has 0 saturated heterocycles. The highest BCUT2D eigenvalue weighted by molar-refractivity contribution is 6.33. The van der Waals surface area contributed by atoms with E-state index < -0.39 is 5.56 Å². The second kappa shape index (κ2) is 6.52. The van der Waals surface area contributed by atoms with E-state index in [1.165, 1.54) is 27.7 Å². The smallest absolute Gasteiger partial charge is 0.280 e. The Bertz CT molecular complexity index is 998. The number of H-pyrrole nitrogens is 1. The summed E-state index contributed by atoms with van der Waals surface area (Å²) in [6.45, 7) is 0.280. The third kappa shape index (κ3) is 2.82. The average molecular weight is 366 g/mol. The monoisotopic (exact) mass is 365 g/mol. The summed E-state index contributed by atoms with van der Waals surface area (Å²) in [5.74, 6) is 1.23. The summed E-state index contributed by atoms with van der Waals surface area (Å²) in [5.41, 5.74) is 6.43. The minimum absolute atomic E-state index is 0.00948. The Morgan fingerprint density at radius 1 is 1.24 bits per heavy atom. The first-order valence-corrected chi connectivity index (χ1v) is 7.55. The highest BCUT2D eigenvalue weighted by atomic mass is 35.5. The van der Waals surface area contributed by atoms with Crippen molar-refractivity contribution in [2.45, 2.75) is 6.54 Å². The maximum absolute atomic E-state index is 11.9. The van der Waals surface area contributed by atoms with Gasteiger partial charge in [0.25, 0.3) is 5.56 Å². The van der Waals surface area contributed by atoms with E-state index in [9.17, 15) is 4.79 Å². The maximum Gasteiger partial charge on any atom is 0.280 e.